The van der Waals surface area contributed by atoms with Gasteiger partial charge in [0.1, 0.15) is 0 Å². The lowest BCUT2D eigenvalue weighted by molar-refractivity contribution is 0.0935. The minimum Gasteiger partial charge on any atom is -0.349 e. The third-order valence-corrected chi connectivity index (χ3v) is 5.10. The highest BCUT2D eigenvalue weighted by molar-refractivity contribution is 9.10. The van der Waals surface area contributed by atoms with Gasteiger partial charge in [-0.15, -0.1) is 0 Å². The van der Waals surface area contributed by atoms with E-state index >= 15 is 0 Å². The largest absolute Gasteiger partial charge is 0.349 e. The molecule has 17 heavy (non-hydrogen) atoms. The first-order valence-corrected chi connectivity index (χ1v) is 7.83. The van der Waals surface area contributed by atoms with Gasteiger partial charge in [-0.1, -0.05) is 17.7 Å². The summed E-state index contributed by atoms with van der Waals surface area (Å²) in [6.07, 6.45) is 2.09. The van der Waals surface area contributed by atoms with Gasteiger partial charge in [0.2, 0.25) is 0 Å². The topological polar surface area (TPSA) is 29.1 Å². The predicted molar refractivity (Wildman–Crippen MR) is 77.0 cm³/mol. The molecule has 5 heteroatoms. The third-order valence-electron chi connectivity index (χ3n) is 2.75. The van der Waals surface area contributed by atoms with Crippen LogP contribution in [0.2, 0.25) is 5.02 Å². The SMILES string of the molecule is O=C(NC1CCSCC1)c1cccc(Br)c1Cl. The average Bonchev–Trinajstić information content (AvgIpc) is 2.34. The van der Waals surface area contributed by atoms with Gasteiger partial charge in [0.05, 0.1) is 10.6 Å². The summed E-state index contributed by atoms with van der Waals surface area (Å²) in [4.78, 5) is 12.1. The number of nitrogens with one attached hydrogen (secondary N) is 1. The van der Waals surface area contributed by atoms with E-state index in [0.29, 0.717) is 16.6 Å². The summed E-state index contributed by atoms with van der Waals surface area (Å²) < 4.78 is 0.756. The van der Waals surface area contributed by atoms with Crippen molar-refractivity contribution in [1.82, 2.24) is 5.32 Å². The molecule has 2 nitrogen and oxygen atoms in total. The Hall–Kier alpha value is -0.190. The van der Waals surface area contributed by atoms with Gasteiger partial charge >= 0.3 is 0 Å². The smallest absolute Gasteiger partial charge is 0.253 e. The van der Waals surface area contributed by atoms with Crippen LogP contribution < -0.4 is 5.32 Å². The molecule has 1 aliphatic heterocycles. The molecule has 1 heterocycles. The van der Waals surface area contributed by atoms with E-state index in [2.05, 4.69) is 21.2 Å². The fourth-order valence-electron chi connectivity index (χ4n) is 1.78. The molecular weight excluding hydrogens is 322 g/mol. The van der Waals surface area contributed by atoms with Gasteiger partial charge in [-0.25, -0.2) is 0 Å². The fraction of sp³-hybridized carbons (Fsp3) is 0.417. The van der Waals surface area contributed by atoms with Gasteiger partial charge in [-0.3, -0.25) is 4.79 Å². The van der Waals surface area contributed by atoms with E-state index in [1.54, 1.807) is 6.07 Å². The van der Waals surface area contributed by atoms with Crippen molar-refractivity contribution in [2.24, 2.45) is 0 Å². The standard InChI is InChI=1S/C12H13BrClNOS/c13-10-3-1-2-9(11(10)14)12(16)15-8-4-6-17-7-5-8/h1-3,8H,4-7H2,(H,15,16). The first-order chi connectivity index (χ1) is 8.18. The minimum atomic E-state index is -0.0757. The van der Waals surface area contributed by atoms with E-state index in [0.717, 1.165) is 28.8 Å². The molecule has 1 saturated heterocycles. The van der Waals surface area contributed by atoms with Crippen LogP contribution in [0.4, 0.5) is 0 Å². The maximum Gasteiger partial charge on any atom is 0.253 e. The summed E-state index contributed by atoms with van der Waals surface area (Å²) in [6.45, 7) is 0. The van der Waals surface area contributed by atoms with Crippen molar-refractivity contribution in [3.05, 3.63) is 33.3 Å². The summed E-state index contributed by atoms with van der Waals surface area (Å²) in [7, 11) is 0. The second-order valence-electron chi connectivity index (χ2n) is 3.96. The van der Waals surface area contributed by atoms with Gasteiger partial charge in [0.25, 0.3) is 5.91 Å². The number of carbonyl (C=O) groups excluding carboxylic acids is 1. The summed E-state index contributed by atoms with van der Waals surface area (Å²) in [5.41, 5.74) is 0.541. The Morgan fingerprint density at radius 3 is 2.82 bits per heavy atom. The summed E-state index contributed by atoms with van der Waals surface area (Å²) in [6, 6.07) is 5.69. The van der Waals surface area contributed by atoms with Crippen molar-refractivity contribution in [1.29, 1.82) is 0 Å². The van der Waals surface area contributed by atoms with Crippen molar-refractivity contribution < 1.29 is 4.79 Å². The molecule has 1 aliphatic rings. The zero-order chi connectivity index (χ0) is 12.3. The Morgan fingerprint density at radius 1 is 1.41 bits per heavy atom. The fourth-order valence-corrected chi connectivity index (χ4v) is 3.47. The van der Waals surface area contributed by atoms with E-state index in [9.17, 15) is 4.79 Å². The zero-order valence-electron chi connectivity index (χ0n) is 9.21. The van der Waals surface area contributed by atoms with Crippen molar-refractivity contribution in [2.45, 2.75) is 18.9 Å². The Kier molecular flexibility index (Phi) is 4.77. The molecule has 1 aromatic rings. The molecule has 0 aromatic heterocycles. The first-order valence-electron chi connectivity index (χ1n) is 5.51. The molecule has 1 N–H and O–H groups in total. The Labute approximate surface area is 119 Å². The van der Waals surface area contributed by atoms with E-state index in [1.807, 2.05) is 23.9 Å². The lowest BCUT2D eigenvalue weighted by Gasteiger charge is -2.22. The third kappa shape index (κ3) is 3.39. The zero-order valence-corrected chi connectivity index (χ0v) is 12.4. The monoisotopic (exact) mass is 333 g/mol. The summed E-state index contributed by atoms with van der Waals surface area (Å²) in [5.74, 6) is 2.17. The number of halogens is 2. The van der Waals surface area contributed by atoms with Crippen molar-refractivity contribution in [2.75, 3.05) is 11.5 Å². The number of hydrogen-bond donors (Lipinski definition) is 1. The maximum absolute atomic E-state index is 12.1. The van der Waals surface area contributed by atoms with E-state index < -0.39 is 0 Å². The van der Waals surface area contributed by atoms with Crippen LogP contribution in [0.1, 0.15) is 23.2 Å². The second-order valence-corrected chi connectivity index (χ2v) is 6.42. The normalized spacial score (nSPS) is 16.8. The van der Waals surface area contributed by atoms with Crippen LogP contribution in [-0.2, 0) is 0 Å². The van der Waals surface area contributed by atoms with Gasteiger partial charge < -0.3 is 5.32 Å². The molecule has 1 aromatic carbocycles. The van der Waals surface area contributed by atoms with Crippen molar-refractivity contribution in [3.8, 4) is 0 Å². The average molecular weight is 335 g/mol. The summed E-state index contributed by atoms with van der Waals surface area (Å²) >= 11 is 11.4. The number of benzene rings is 1. The van der Waals surface area contributed by atoms with E-state index in [1.165, 1.54) is 0 Å². The predicted octanol–water partition coefficient (Wildman–Crippen LogP) is 3.73. The maximum atomic E-state index is 12.1. The molecule has 0 radical (unpaired) electrons. The molecular formula is C12H13BrClNOS. The number of hydrogen-bond acceptors (Lipinski definition) is 2. The molecule has 0 spiro atoms. The molecule has 0 atom stereocenters. The van der Waals surface area contributed by atoms with Crippen LogP contribution in [0.3, 0.4) is 0 Å². The molecule has 0 aliphatic carbocycles. The molecule has 1 fully saturated rings. The van der Waals surface area contributed by atoms with Crippen LogP contribution in [0.25, 0.3) is 0 Å². The van der Waals surface area contributed by atoms with E-state index in [4.69, 9.17) is 11.6 Å². The van der Waals surface area contributed by atoms with Crippen LogP contribution >= 0.6 is 39.3 Å². The highest BCUT2D eigenvalue weighted by Gasteiger charge is 2.18. The van der Waals surface area contributed by atoms with Crippen LogP contribution in [0.15, 0.2) is 22.7 Å². The lowest BCUT2D eigenvalue weighted by atomic mass is 10.1. The minimum absolute atomic E-state index is 0.0757. The number of amides is 1. The van der Waals surface area contributed by atoms with Crippen LogP contribution in [-0.4, -0.2) is 23.5 Å². The van der Waals surface area contributed by atoms with Gasteiger partial charge in [-0.05, 0) is 52.4 Å². The first kappa shape index (κ1) is 13.2. The molecule has 92 valence electrons. The van der Waals surface area contributed by atoms with E-state index in [-0.39, 0.29) is 5.91 Å². The second kappa shape index (κ2) is 6.12. The quantitative estimate of drug-likeness (QED) is 0.893. The van der Waals surface area contributed by atoms with Gasteiger partial charge in [-0.2, -0.15) is 11.8 Å². The summed E-state index contributed by atoms with van der Waals surface area (Å²) in [5, 5.41) is 3.53. The molecule has 0 saturated carbocycles. The Balaban J connectivity index is 2.06. The molecule has 2 rings (SSSR count). The number of rotatable bonds is 2. The van der Waals surface area contributed by atoms with Gasteiger partial charge in [0, 0.05) is 10.5 Å². The Bertz CT molecular complexity index is 421. The van der Waals surface area contributed by atoms with Gasteiger partial charge in [0.15, 0.2) is 0 Å². The molecule has 0 bridgehead atoms. The molecule has 0 unspecified atom stereocenters. The Morgan fingerprint density at radius 2 is 2.12 bits per heavy atom. The highest BCUT2D eigenvalue weighted by Crippen LogP contribution is 2.26. The number of thioether (sulfide) groups is 1. The highest BCUT2D eigenvalue weighted by atomic mass is 79.9. The number of carbonyl (C=O) groups is 1. The van der Waals surface area contributed by atoms with Crippen molar-refractivity contribution in [3.63, 3.8) is 0 Å². The van der Waals surface area contributed by atoms with Crippen LogP contribution in [0.5, 0.6) is 0 Å². The van der Waals surface area contributed by atoms with Crippen LogP contribution in [0, 0.1) is 0 Å². The molecule has 1 amide bonds. The van der Waals surface area contributed by atoms with Crippen molar-refractivity contribution >= 4 is 45.2 Å². The lowest BCUT2D eigenvalue weighted by Crippen LogP contribution is -2.37.